The lowest BCUT2D eigenvalue weighted by molar-refractivity contribution is 0.261. The predicted molar refractivity (Wildman–Crippen MR) is 77.1 cm³/mol. The highest BCUT2D eigenvalue weighted by atomic mass is 16.5. The van der Waals surface area contributed by atoms with Crippen LogP contribution in [0.3, 0.4) is 0 Å². The minimum atomic E-state index is 0.307. The molecule has 0 atom stereocenters. The smallest absolute Gasteiger partial charge is 0.232 e. The first kappa shape index (κ1) is 12.3. The molecule has 0 radical (unpaired) electrons. The van der Waals surface area contributed by atoms with Crippen LogP contribution < -0.4 is 4.74 Å². The van der Waals surface area contributed by atoms with E-state index in [9.17, 15) is 0 Å². The van der Waals surface area contributed by atoms with Crippen molar-refractivity contribution in [2.45, 2.75) is 32.3 Å². The summed E-state index contributed by atoms with van der Waals surface area (Å²) in [6, 6.07) is 3.76. The molecule has 0 N–H and O–H groups in total. The molecular weight excluding hydrogens is 266 g/mol. The quantitative estimate of drug-likeness (QED) is 0.733. The second-order valence-corrected chi connectivity index (χ2v) is 5.35. The van der Waals surface area contributed by atoms with Gasteiger partial charge in [-0.05, 0) is 31.4 Å². The van der Waals surface area contributed by atoms with Crippen molar-refractivity contribution in [2.24, 2.45) is 0 Å². The SMILES string of the molecule is Cc1ccnc2c(OCc3ncc(C4CC4)o3)ccnc12. The molecule has 0 spiro atoms. The molecule has 1 saturated carbocycles. The fourth-order valence-electron chi connectivity index (χ4n) is 2.36. The van der Waals surface area contributed by atoms with E-state index < -0.39 is 0 Å². The van der Waals surface area contributed by atoms with Gasteiger partial charge in [-0.15, -0.1) is 0 Å². The summed E-state index contributed by atoms with van der Waals surface area (Å²) in [7, 11) is 0. The number of fused-ring (bicyclic) bond motifs is 1. The van der Waals surface area contributed by atoms with Gasteiger partial charge in [-0.2, -0.15) is 0 Å². The molecule has 0 amide bonds. The molecule has 1 aliphatic carbocycles. The zero-order chi connectivity index (χ0) is 14.2. The average Bonchev–Trinajstić information content (AvgIpc) is 3.25. The van der Waals surface area contributed by atoms with Gasteiger partial charge in [0.25, 0.3) is 0 Å². The van der Waals surface area contributed by atoms with Crippen LogP contribution in [0.5, 0.6) is 5.75 Å². The summed E-state index contributed by atoms with van der Waals surface area (Å²) in [6.45, 7) is 2.32. The molecule has 0 saturated heterocycles. The third-order valence-electron chi connectivity index (χ3n) is 3.69. The molecular formula is C16H15N3O2. The highest BCUT2D eigenvalue weighted by Gasteiger charge is 2.27. The molecule has 4 rings (SSSR count). The third kappa shape index (κ3) is 2.35. The molecule has 1 fully saturated rings. The first-order valence-electron chi connectivity index (χ1n) is 7.09. The Kier molecular flexibility index (Phi) is 2.84. The van der Waals surface area contributed by atoms with Crippen molar-refractivity contribution in [3.05, 3.63) is 47.9 Å². The second kappa shape index (κ2) is 4.84. The maximum absolute atomic E-state index is 5.82. The van der Waals surface area contributed by atoms with E-state index in [0.29, 0.717) is 24.2 Å². The number of oxazole rings is 1. The number of rotatable bonds is 4. The molecule has 3 heterocycles. The van der Waals surface area contributed by atoms with Gasteiger partial charge in [0.05, 0.1) is 11.7 Å². The summed E-state index contributed by atoms with van der Waals surface area (Å²) >= 11 is 0. The van der Waals surface area contributed by atoms with Gasteiger partial charge in [-0.1, -0.05) is 0 Å². The Bertz CT molecular complexity index is 793. The molecule has 3 aromatic rings. The zero-order valence-electron chi connectivity index (χ0n) is 11.7. The van der Waals surface area contributed by atoms with E-state index in [-0.39, 0.29) is 0 Å². The van der Waals surface area contributed by atoms with Crippen molar-refractivity contribution in [2.75, 3.05) is 0 Å². The van der Waals surface area contributed by atoms with Gasteiger partial charge in [0.2, 0.25) is 5.89 Å². The minimum Gasteiger partial charge on any atom is -0.481 e. The number of pyridine rings is 2. The van der Waals surface area contributed by atoms with Crippen LogP contribution in [0, 0.1) is 6.92 Å². The van der Waals surface area contributed by atoms with Crippen LogP contribution >= 0.6 is 0 Å². The molecule has 0 aliphatic heterocycles. The lowest BCUT2D eigenvalue weighted by Gasteiger charge is -2.07. The number of ether oxygens (including phenoxy) is 1. The Morgan fingerprint density at radius 1 is 1.14 bits per heavy atom. The number of hydrogen-bond donors (Lipinski definition) is 0. The van der Waals surface area contributed by atoms with Crippen molar-refractivity contribution >= 4 is 11.0 Å². The van der Waals surface area contributed by atoms with E-state index >= 15 is 0 Å². The first-order chi connectivity index (χ1) is 10.3. The fraction of sp³-hybridized carbons (Fsp3) is 0.312. The van der Waals surface area contributed by atoms with Crippen LogP contribution in [0.2, 0.25) is 0 Å². The molecule has 5 heteroatoms. The molecule has 0 unspecified atom stereocenters. The van der Waals surface area contributed by atoms with Crippen LogP contribution in [0.4, 0.5) is 0 Å². The van der Waals surface area contributed by atoms with Crippen LogP contribution in [0.25, 0.3) is 11.0 Å². The number of aromatic nitrogens is 3. The van der Waals surface area contributed by atoms with Gasteiger partial charge in [0.1, 0.15) is 17.0 Å². The lowest BCUT2D eigenvalue weighted by Crippen LogP contribution is -1.98. The van der Waals surface area contributed by atoms with Crippen molar-refractivity contribution in [3.63, 3.8) is 0 Å². The average molecular weight is 281 g/mol. The largest absolute Gasteiger partial charge is 0.481 e. The highest BCUT2D eigenvalue weighted by molar-refractivity contribution is 5.82. The summed E-state index contributed by atoms with van der Waals surface area (Å²) in [4.78, 5) is 13.0. The second-order valence-electron chi connectivity index (χ2n) is 5.35. The molecule has 0 aromatic carbocycles. The summed E-state index contributed by atoms with van der Waals surface area (Å²) in [5, 5.41) is 0. The van der Waals surface area contributed by atoms with Gasteiger partial charge >= 0.3 is 0 Å². The van der Waals surface area contributed by atoms with Crippen LogP contribution in [-0.2, 0) is 6.61 Å². The summed E-state index contributed by atoms with van der Waals surface area (Å²) in [5.41, 5.74) is 2.71. The zero-order valence-corrected chi connectivity index (χ0v) is 11.7. The van der Waals surface area contributed by atoms with E-state index in [4.69, 9.17) is 9.15 Å². The normalized spacial score (nSPS) is 14.5. The van der Waals surface area contributed by atoms with Crippen molar-refractivity contribution in [1.82, 2.24) is 15.0 Å². The number of aryl methyl sites for hydroxylation is 1. The highest BCUT2D eigenvalue weighted by Crippen LogP contribution is 2.40. The predicted octanol–water partition coefficient (Wildman–Crippen LogP) is 3.38. The molecule has 21 heavy (non-hydrogen) atoms. The van der Waals surface area contributed by atoms with E-state index in [1.165, 1.54) is 12.8 Å². The van der Waals surface area contributed by atoms with Gasteiger partial charge in [-0.3, -0.25) is 9.97 Å². The van der Waals surface area contributed by atoms with Crippen LogP contribution in [0.1, 0.15) is 36.0 Å². The van der Waals surface area contributed by atoms with Crippen molar-refractivity contribution in [1.29, 1.82) is 0 Å². The lowest BCUT2D eigenvalue weighted by atomic mass is 10.2. The van der Waals surface area contributed by atoms with Crippen LogP contribution in [0.15, 0.2) is 35.1 Å². The van der Waals surface area contributed by atoms with Gasteiger partial charge < -0.3 is 9.15 Å². The minimum absolute atomic E-state index is 0.307. The Balaban J connectivity index is 1.57. The number of hydrogen-bond acceptors (Lipinski definition) is 5. The van der Waals surface area contributed by atoms with Crippen LogP contribution in [-0.4, -0.2) is 15.0 Å². The Hall–Kier alpha value is -2.43. The monoisotopic (exact) mass is 281 g/mol. The summed E-state index contributed by atoms with van der Waals surface area (Å²) < 4.78 is 11.5. The van der Waals surface area contributed by atoms with E-state index in [1.54, 1.807) is 12.4 Å². The molecule has 106 valence electrons. The van der Waals surface area contributed by atoms with Crippen molar-refractivity contribution in [3.8, 4) is 5.75 Å². The molecule has 1 aliphatic rings. The maximum atomic E-state index is 5.82. The van der Waals surface area contributed by atoms with Crippen molar-refractivity contribution < 1.29 is 9.15 Å². The molecule has 0 bridgehead atoms. The van der Waals surface area contributed by atoms with Gasteiger partial charge in [0.15, 0.2) is 6.61 Å². The summed E-state index contributed by atoms with van der Waals surface area (Å²) in [5.74, 6) is 2.85. The van der Waals surface area contributed by atoms with E-state index in [2.05, 4.69) is 15.0 Å². The Labute approximate surface area is 122 Å². The van der Waals surface area contributed by atoms with Gasteiger partial charge in [-0.25, -0.2) is 4.98 Å². The van der Waals surface area contributed by atoms with E-state index in [1.807, 2.05) is 25.3 Å². The molecule has 3 aromatic heterocycles. The van der Waals surface area contributed by atoms with Gasteiger partial charge in [0, 0.05) is 24.4 Å². The molecule has 5 nitrogen and oxygen atoms in total. The standard InChI is InChI=1S/C16H15N3O2/c1-10-4-6-18-16-12(5-7-17-15(10)16)20-9-14-19-8-13(21-14)11-2-3-11/h4-8,11H,2-3,9H2,1H3. The maximum Gasteiger partial charge on any atom is 0.232 e. The summed E-state index contributed by atoms with van der Waals surface area (Å²) in [6.07, 6.45) is 7.71. The first-order valence-corrected chi connectivity index (χ1v) is 7.09. The fourth-order valence-corrected chi connectivity index (χ4v) is 2.36. The topological polar surface area (TPSA) is 61.0 Å². The Morgan fingerprint density at radius 2 is 1.95 bits per heavy atom. The van der Waals surface area contributed by atoms with E-state index in [0.717, 1.165) is 22.4 Å². The Morgan fingerprint density at radius 3 is 2.81 bits per heavy atom. The third-order valence-corrected chi connectivity index (χ3v) is 3.69. The number of nitrogens with zero attached hydrogens (tertiary/aromatic N) is 3.